The van der Waals surface area contributed by atoms with Gasteiger partial charge in [0.2, 0.25) is 12.2 Å². The van der Waals surface area contributed by atoms with E-state index in [1.54, 1.807) is 0 Å². The van der Waals surface area contributed by atoms with Gasteiger partial charge in [0, 0.05) is 38.5 Å². The van der Waals surface area contributed by atoms with Gasteiger partial charge in [-0.2, -0.15) is 0 Å². The third-order valence-electron chi connectivity index (χ3n) is 4.21. The maximum absolute atomic E-state index is 12.6. The van der Waals surface area contributed by atoms with Gasteiger partial charge in [0.15, 0.2) is 0 Å². The predicted octanol–water partition coefficient (Wildman–Crippen LogP) is -1.16. The van der Waals surface area contributed by atoms with Crippen molar-refractivity contribution in [2.24, 2.45) is 0 Å². The lowest BCUT2D eigenvalue weighted by Gasteiger charge is -2.25. The predicted molar refractivity (Wildman–Crippen MR) is 94.7 cm³/mol. The summed E-state index contributed by atoms with van der Waals surface area (Å²) in [6, 6.07) is 0. The SMILES string of the molecule is CCC(=O)O[C@@H](C(=O)ON1C(=O)CCC1=O)[C@@H](OC(=O)CC)C(=O)ON1C(=O)CCC1=O. The molecule has 2 saturated heterocycles. The van der Waals surface area contributed by atoms with Crippen molar-refractivity contribution in [3.05, 3.63) is 0 Å². The molecule has 2 fully saturated rings. The number of carbonyl (C=O) groups is 8. The minimum atomic E-state index is -2.31. The molecule has 2 atom stereocenters. The van der Waals surface area contributed by atoms with Crippen LogP contribution in [-0.2, 0) is 57.5 Å². The Balaban J connectivity index is 2.32. The van der Waals surface area contributed by atoms with Crippen LogP contribution in [0.1, 0.15) is 52.4 Å². The highest BCUT2D eigenvalue weighted by molar-refractivity contribution is 6.03. The van der Waals surface area contributed by atoms with E-state index in [1.165, 1.54) is 13.8 Å². The summed E-state index contributed by atoms with van der Waals surface area (Å²) < 4.78 is 9.72. The van der Waals surface area contributed by atoms with Crippen molar-refractivity contribution in [2.75, 3.05) is 0 Å². The summed E-state index contributed by atoms with van der Waals surface area (Å²) in [7, 11) is 0. The number of ether oxygens (including phenoxy) is 2. The topological polar surface area (TPSA) is 180 Å². The lowest BCUT2D eigenvalue weighted by molar-refractivity contribution is -0.222. The summed E-state index contributed by atoms with van der Waals surface area (Å²) in [6.07, 6.45) is -6.11. The van der Waals surface area contributed by atoms with Gasteiger partial charge in [0.05, 0.1) is 0 Å². The first-order chi connectivity index (χ1) is 15.1. The zero-order valence-corrected chi connectivity index (χ0v) is 17.2. The van der Waals surface area contributed by atoms with Gasteiger partial charge in [0.25, 0.3) is 23.6 Å². The molecule has 0 spiro atoms. The van der Waals surface area contributed by atoms with Crippen LogP contribution in [0.2, 0.25) is 0 Å². The molecular weight excluding hydrogens is 436 g/mol. The molecule has 2 aliphatic heterocycles. The summed E-state index contributed by atoms with van der Waals surface area (Å²) in [5, 5.41) is 0.263. The maximum Gasteiger partial charge on any atom is 0.377 e. The van der Waals surface area contributed by atoms with E-state index >= 15 is 0 Å². The van der Waals surface area contributed by atoms with E-state index in [0.29, 0.717) is 0 Å². The Hall–Kier alpha value is -3.84. The molecule has 4 amide bonds. The Morgan fingerprint density at radius 1 is 0.656 bits per heavy atom. The zero-order chi connectivity index (χ0) is 24.0. The molecule has 14 heteroatoms. The normalized spacial score (nSPS) is 17.8. The summed E-state index contributed by atoms with van der Waals surface area (Å²) >= 11 is 0. The quantitative estimate of drug-likeness (QED) is 0.300. The first-order valence-electron chi connectivity index (χ1n) is 9.63. The Bertz CT molecular complexity index is 764. The summed E-state index contributed by atoms with van der Waals surface area (Å²) in [5.41, 5.74) is 0. The molecule has 0 unspecified atom stereocenters. The minimum Gasteiger partial charge on any atom is -0.445 e. The molecule has 2 rings (SSSR count). The second kappa shape index (κ2) is 10.5. The Labute approximate surface area is 180 Å². The lowest BCUT2D eigenvalue weighted by Crippen LogP contribution is -2.51. The van der Waals surface area contributed by atoms with Gasteiger partial charge < -0.3 is 19.1 Å². The molecule has 174 valence electrons. The van der Waals surface area contributed by atoms with E-state index in [2.05, 4.69) is 9.68 Å². The third-order valence-corrected chi connectivity index (χ3v) is 4.21. The van der Waals surface area contributed by atoms with Crippen LogP contribution in [-0.4, -0.2) is 69.8 Å². The van der Waals surface area contributed by atoms with Crippen LogP contribution in [0, 0.1) is 0 Å². The fourth-order valence-corrected chi connectivity index (χ4v) is 2.52. The standard InChI is InChI=1S/C18H20N2O12/c1-3-13(25)29-15(17(27)31-19-9(21)5-6-10(19)22)16(30-14(26)4-2)18(28)32-20-11(23)7-8-12(20)24/h15-16H,3-8H2,1-2H3/t15-,16-/m1/s1. The van der Waals surface area contributed by atoms with E-state index in [9.17, 15) is 38.4 Å². The van der Waals surface area contributed by atoms with Gasteiger partial charge in [-0.05, 0) is 0 Å². The van der Waals surface area contributed by atoms with Gasteiger partial charge in [-0.15, -0.1) is 10.1 Å². The Morgan fingerprint density at radius 2 is 0.938 bits per heavy atom. The lowest BCUT2D eigenvalue weighted by atomic mass is 10.2. The molecule has 0 aromatic heterocycles. The number of hydroxylamine groups is 4. The average molecular weight is 456 g/mol. The number of carbonyl (C=O) groups excluding carboxylic acids is 8. The second-order valence-corrected chi connectivity index (χ2v) is 6.51. The number of nitrogens with zero attached hydrogens (tertiary/aromatic N) is 2. The van der Waals surface area contributed by atoms with Crippen molar-refractivity contribution in [1.82, 2.24) is 10.1 Å². The second-order valence-electron chi connectivity index (χ2n) is 6.51. The van der Waals surface area contributed by atoms with Gasteiger partial charge in [0.1, 0.15) is 0 Å². The molecule has 2 heterocycles. The largest absolute Gasteiger partial charge is 0.445 e. The van der Waals surface area contributed by atoms with Crippen molar-refractivity contribution < 1.29 is 57.5 Å². The number of hydrogen-bond donors (Lipinski definition) is 0. The van der Waals surface area contributed by atoms with Crippen molar-refractivity contribution in [3.8, 4) is 0 Å². The van der Waals surface area contributed by atoms with Crippen molar-refractivity contribution in [1.29, 1.82) is 0 Å². The maximum atomic E-state index is 12.6. The fourth-order valence-electron chi connectivity index (χ4n) is 2.52. The molecule has 0 radical (unpaired) electrons. The van der Waals surface area contributed by atoms with Crippen molar-refractivity contribution >= 4 is 47.5 Å². The van der Waals surface area contributed by atoms with Crippen LogP contribution in [0.4, 0.5) is 0 Å². The molecule has 0 aliphatic carbocycles. The van der Waals surface area contributed by atoms with Crippen molar-refractivity contribution in [3.63, 3.8) is 0 Å². The first-order valence-corrected chi connectivity index (χ1v) is 9.63. The van der Waals surface area contributed by atoms with Crippen molar-refractivity contribution in [2.45, 2.75) is 64.6 Å². The van der Waals surface area contributed by atoms with Crippen LogP contribution in [0.3, 0.4) is 0 Å². The van der Waals surface area contributed by atoms with Gasteiger partial charge in [-0.1, -0.05) is 13.8 Å². The molecule has 2 aliphatic rings. The number of hydrogen-bond acceptors (Lipinski definition) is 12. The van der Waals surface area contributed by atoms with Gasteiger partial charge in [-0.3, -0.25) is 28.8 Å². The van der Waals surface area contributed by atoms with E-state index in [0.717, 1.165) is 0 Å². The third kappa shape index (κ3) is 5.65. The molecular formula is C18H20N2O12. The molecule has 0 saturated carbocycles. The number of esters is 2. The average Bonchev–Trinajstić information content (AvgIpc) is 3.25. The summed E-state index contributed by atoms with van der Waals surface area (Å²) in [4.78, 5) is 105. The molecule has 0 aromatic carbocycles. The smallest absolute Gasteiger partial charge is 0.377 e. The number of imide groups is 2. The first kappa shape index (κ1) is 24.4. The van der Waals surface area contributed by atoms with E-state index in [4.69, 9.17) is 9.47 Å². The molecule has 32 heavy (non-hydrogen) atoms. The van der Waals surface area contributed by atoms with E-state index < -0.39 is 59.7 Å². The highest BCUT2D eigenvalue weighted by Gasteiger charge is 2.47. The molecule has 0 bridgehead atoms. The van der Waals surface area contributed by atoms with Crippen LogP contribution in [0.15, 0.2) is 0 Å². The highest BCUT2D eigenvalue weighted by Crippen LogP contribution is 2.19. The fraction of sp³-hybridized carbons (Fsp3) is 0.556. The van der Waals surface area contributed by atoms with Crippen LogP contribution in [0.25, 0.3) is 0 Å². The summed E-state index contributed by atoms with van der Waals surface area (Å²) in [5.74, 6) is -8.71. The number of amides is 4. The zero-order valence-electron chi connectivity index (χ0n) is 17.2. The van der Waals surface area contributed by atoms with Crippen LogP contribution in [0.5, 0.6) is 0 Å². The van der Waals surface area contributed by atoms with Crippen LogP contribution >= 0.6 is 0 Å². The van der Waals surface area contributed by atoms with Crippen LogP contribution < -0.4 is 0 Å². The number of rotatable bonds is 9. The van der Waals surface area contributed by atoms with Gasteiger partial charge >= 0.3 is 23.9 Å². The van der Waals surface area contributed by atoms with E-state index in [1.807, 2.05) is 0 Å². The Kier molecular flexibility index (Phi) is 7.98. The molecule has 0 N–H and O–H groups in total. The van der Waals surface area contributed by atoms with E-state index in [-0.39, 0.29) is 48.7 Å². The molecule has 14 nitrogen and oxygen atoms in total. The highest BCUT2D eigenvalue weighted by atomic mass is 16.8. The summed E-state index contributed by atoms with van der Waals surface area (Å²) in [6.45, 7) is 2.70. The van der Waals surface area contributed by atoms with Gasteiger partial charge in [-0.25, -0.2) is 9.59 Å². The monoisotopic (exact) mass is 456 g/mol. The molecule has 0 aromatic rings. The minimum absolute atomic E-state index is 0.132. The Morgan fingerprint density at radius 3 is 1.19 bits per heavy atom.